The van der Waals surface area contributed by atoms with Crippen LogP contribution in [0.4, 0.5) is 15.8 Å². The average Bonchev–Trinajstić information content (AvgIpc) is 3.02. The molecule has 0 radical (unpaired) electrons. The molecule has 7 nitrogen and oxygen atoms in total. The zero-order valence-electron chi connectivity index (χ0n) is 10.9. The predicted octanol–water partition coefficient (Wildman–Crippen LogP) is 2.16. The van der Waals surface area contributed by atoms with Gasteiger partial charge in [-0.25, -0.2) is 9.18 Å². The Labute approximate surface area is 118 Å². The first-order chi connectivity index (χ1) is 9.95. The molecule has 2 N–H and O–H groups in total. The highest BCUT2D eigenvalue weighted by Crippen LogP contribution is 2.37. The zero-order chi connectivity index (χ0) is 15.1. The summed E-state index contributed by atoms with van der Waals surface area (Å²) in [5.74, 6) is -2.30. The van der Waals surface area contributed by atoms with Gasteiger partial charge in [0.05, 0.1) is 34.9 Å². The summed E-state index contributed by atoms with van der Waals surface area (Å²) in [5.41, 5.74) is -1.33. The van der Waals surface area contributed by atoms with Crippen LogP contribution < -0.4 is 5.32 Å². The molecule has 8 heteroatoms. The molecule has 0 aliphatic carbocycles. The van der Waals surface area contributed by atoms with Gasteiger partial charge in [-0.1, -0.05) is 0 Å². The summed E-state index contributed by atoms with van der Waals surface area (Å²) in [6, 6.07) is 1.52. The third kappa shape index (κ3) is 2.42. The SMILES string of the molecule is O=C(O)c1cc(NC2CC3CCC2O3)c(F)cc1[N+](=O)[O-]. The predicted molar refractivity (Wildman–Crippen MR) is 69.9 cm³/mol. The monoisotopic (exact) mass is 296 g/mol. The third-order valence-electron chi connectivity index (χ3n) is 3.96. The number of ether oxygens (including phenoxy) is 1. The lowest BCUT2D eigenvalue weighted by Crippen LogP contribution is -2.31. The van der Waals surface area contributed by atoms with Crippen LogP contribution in [0.5, 0.6) is 0 Å². The van der Waals surface area contributed by atoms with E-state index < -0.39 is 28.0 Å². The van der Waals surface area contributed by atoms with Gasteiger partial charge in [0.15, 0.2) is 5.82 Å². The van der Waals surface area contributed by atoms with Gasteiger partial charge >= 0.3 is 5.97 Å². The number of fused-ring (bicyclic) bond motifs is 2. The van der Waals surface area contributed by atoms with Crippen LogP contribution in [0.2, 0.25) is 0 Å². The number of nitrogens with zero attached hydrogens (tertiary/aromatic N) is 1. The van der Waals surface area contributed by atoms with Crippen molar-refractivity contribution in [3.8, 4) is 0 Å². The van der Waals surface area contributed by atoms with E-state index in [-0.39, 0.29) is 23.9 Å². The van der Waals surface area contributed by atoms with Crippen LogP contribution in [0.25, 0.3) is 0 Å². The number of carbonyl (C=O) groups is 1. The minimum absolute atomic E-state index is 0.0159. The average molecular weight is 296 g/mol. The van der Waals surface area contributed by atoms with Crippen LogP contribution in [0.1, 0.15) is 29.6 Å². The van der Waals surface area contributed by atoms with Crippen LogP contribution in [0, 0.1) is 15.9 Å². The molecule has 0 saturated carbocycles. The molecule has 3 atom stereocenters. The fourth-order valence-electron chi connectivity index (χ4n) is 2.99. The molecule has 0 aromatic heterocycles. The van der Waals surface area contributed by atoms with Gasteiger partial charge in [0.2, 0.25) is 0 Å². The number of carboxylic acids is 1. The molecule has 2 aliphatic rings. The molecule has 3 rings (SSSR count). The van der Waals surface area contributed by atoms with Crippen LogP contribution in [0.3, 0.4) is 0 Å². The van der Waals surface area contributed by atoms with Gasteiger partial charge in [-0.3, -0.25) is 10.1 Å². The standard InChI is InChI=1S/C13H13FN2O5/c14-8-5-11(16(19)20)7(13(17)18)4-9(8)15-10-3-6-1-2-12(10)21-6/h4-6,10,12,15H,1-3H2,(H,17,18). The number of nitro groups is 1. The van der Waals surface area contributed by atoms with Crippen molar-refractivity contribution in [2.45, 2.75) is 37.5 Å². The summed E-state index contributed by atoms with van der Waals surface area (Å²) in [4.78, 5) is 20.9. The second-order valence-corrected chi connectivity index (χ2v) is 5.27. The van der Waals surface area contributed by atoms with E-state index in [2.05, 4.69) is 5.32 Å². The Bertz CT molecular complexity index is 621. The largest absolute Gasteiger partial charge is 0.477 e. The number of hydrogen-bond donors (Lipinski definition) is 2. The Morgan fingerprint density at radius 1 is 1.48 bits per heavy atom. The fourth-order valence-corrected chi connectivity index (χ4v) is 2.99. The van der Waals surface area contributed by atoms with Gasteiger partial charge in [-0.15, -0.1) is 0 Å². The van der Waals surface area contributed by atoms with E-state index in [0.717, 1.165) is 25.3 Å². The molecular weight excluding hydrogens is 283 g/mol. The number of halogens is 1. The van der Waals surface area contributed by atoms with Crippen molar-refractivity contribution in [2.75, 3.05) is 5.32 Å². The lowest BCUT2D eigenvalue weighted by molar-refractivity contribution is -0.385. The Balaban J connectivity index is 1.90. The molecule has 0 amide bonds. The number of benzene rings is 1. The molecule has 21 heavy (non-hydrogen) atoms. The number of nitrogens with one attached hydrogen (secondary N) is 1. The molecule has 0 spiro atoms. The van der Waals surface area contributed by atoms with Crippen LogP contribution in [-0.2, 0) is 4.74 Å². The summed E-state index contributed by atoms with van der Waals surface area (Å²) in [6.45, 7) is 0. The van der Waals surface area contributed by atoms with E-state index in [9.17, 15) is 19.3 Å². The Morgan fingerprint density at radius 3 is 2.76 bits per heavy atom. The molecule has 2 aliphatic heterocycles. The molecular formula is C13H13FN2O5. The highest BCUT2D eigenvalue weighted by molar-refractivity contribution is 5.93. The number of hydrogen-bond acceptors (Lipinski definition) is 5. The normalized spacial score (nSPS) is 26.8. The van der Waals surface area contributed by atoms with Gasteiger partial charge in [0.1, 0.15) is 5.56 Å². The summed E-state index contributed by atoms with van der Waals surface area (Å²) in [7, 11) is 0. The van der Waals surface area contributed by atoms with Gasteiger partial charge < -0.3 is 15.2 Å². The Hall–Kier alpha value is -2.22. The van der Waals surface area contributed by atoms with Crippen LogP contribution in [-0.4, -0.2) is 34.2 Å². The summed E-state index contributed by atoms with van der Waals surface area (Å²) >= 11 is 0. The van der Waals surface area contributed by atoms with E-state index in [1.165, 1.54) is 0 Å². The zero-order valence-corrected chi connectivity index (χ0v) is 10.9. The number of nitro benzene ring substituents is 1. The van der Waals surface area contributed by atoms with E-state index in [1.54, 1.807) is 0 Å². The number of anilines is 1. The maximum absolute atomic E-state index is 13.9. The van der Waals surface area contributed by atoms with Crippen LogP contribution in [0.15, 0.2) is 12.1 Å². The van der Waals surface area contributed by atoms with Crippen LogP contribution >= 0.6 is 0 Å². The van der Waals surface area contributed by atoms with Gasteiger partial charge in [-0.05, 0) is 25.3 Å². The van der Waals surface area contributed by atoms with Gasteiger partial charge in [-0.2, -0.15) is 0 Å². The molecule has 2 heterocycles. The first-order valence-corrected chi connectivity index (χ1v) is 6.59. The lowest BCUT2D eigenvalue weighted by atomic mass is 9.95. The maximum Gasteiger partial charge on any atom is 0.342 e. The van der Waals surface area contributed by atoms with E-state index in [4.69, 9.17) is 9.84 Å². The van der Waals surface area contributed by atoms with Crippen molar-refractivity contribution in [2.24, 2.45) is 0 Å². The first kappa shape index (κ1) is 13.7. The van der Waals surface area contributed by atoms with Crippen molar-refractivity contribution in [1.82, 2.24) is 0 Å². The summed E-state index contributed by atoms with van der Waals surface area (Å²) in [5, 5.41) is 22.7. The van der Waals surface area contributed by atoms with Crippen molar-refractivity contribution in [3.05, 3.63) is 33.6 Å². The second-order valence-electron chi connectivity index (χ2n) is 5.27. The molecule has 112 valence electrons. The minimum Gasteiger partial charge on any atom is -0.477 e. The van der Waals surface area contributed by atoms with Gasteiger partial charge in [0.25, 0.3) is 5.69 Å². The smallest absolute Gasteiger partial charge is 0.342 e. The second kappa shape index (κ2) is 4.96. The molecule has 1 aromatic carbocycles. The molecule has 2 fully saturated rings. The molecule has 2 bridgehead atoms. The highest BCUT2D eigenvalue weighted by atomic mass is 19.1. The lowest BCUT2D eigenvalue weighted by Gasteiger charge is -2.21. The molecule has 3 unspecified atom stereocenters. The number of carboxylic acid groups (broad SMARTS) is 1. The topological polar surface area (TPSA) is 102 Å². The molecule has 2 saturated heterocycles. The first-order valence-electron chi connectivity index (χ1n) is 6.59. The summed E-state index contributed by atoms with van der Waals surface area (Å²) in [6.07, 6.45) is 2.73. The summed E-state index contributed by atoms with van der Waals surface area (Å²) < 4.78 is 19.6. The molecule has 1 aromatic rings. The fraction of sp³-hybridized carbons (Fsp3) is 0.462. The van der Waals surface area contributed by atoms with Crippen molar-refractivity contribution < 1.29 is 24.0 Å². The highest BCUT2D eigenvalue weighted by Gasteiger charge is 2.41. The van der Waals surface area contributed by atoms with Crippen molar-refractivity contribution in [3.63, 3.8) is 0 Å². The van der Waals surface area contributed by atoms with Crippen molar-refractivity contribution >= 4 is 17.3 Å². The Kier molecular flexibility index (Phi) is 3.25. The number of aromatic carboxylic acids is 1. The third-order valence-corrected chi connectivity index (χ3v) is 3.96. The Morgan fingerprint density at radius 2 is 2.24 bits per heavy atom. The number of rotatable bonds is 4. The van der Waals surface area contributed by atoms with Gasteiger partial charge in [0, 0.05) is 0 Å². The maximum atomic E-state index is 13.9. The minimum atomic E-state index is -1.46. The van der Waals surface area contributed by atoms with Crippen molar-refractivity contribution in [1.29, 1.82) is 0 Å². The van der Waals surface area contributed by atoms with E-state index >= 15 is 0 Å². The quantitative estimate of drug-likeness (QED) is 0.652. The van der Waals surface area contributed by atoms with E-state index in [0.29, 0.717) is 6.07 Å². The van der Waals surface area contributed by atoms with E-state index in [1.807, 2.05) is 0 Å².